The van der Waals surface area contributed by atoms with E-state index in [2.05, 4.69) is 11.9 Å². The molecule has 5 rings (SSSR count). The Morgan fingerprint density at radius 2 is 1.68 bits per heavy atom. The maximum Gasteiger partial charge on any atom is 0.256 e. The van der Waals surface area contributed by atoms with Crippen LogP contribution in [0.3, 0.4) is 0 Å². The predicted octanol–water partition coefficient (Wildman–Crippen LogP) is 4.76. The van der Waals surface area contributed by atoms with Crippen LogP contribution in [-0.4, -0.2) is 74.0 Å². The normalized spacial score (nSPS) is 20.2. The summed E-state index contributed by atoms with van der Waals surface area (Å²) in [6.45, 7) is 5.39. The van der Waals surface area contributed by atoms with Crippen LogP contribution in [0.5, 0.6) is 23.0 Å². The molecule has 9 nitrogen and oxygen atoms in total. The lowest BCUT2D eigenvalue weighted by atomic mass is 10.1. The molecule has 38 heavy (non-hydrogen) atoms. The van der Waals surface area contributed by atoms with Gasteiger partial charge in [-0.3, -0.25) is 14.6 Å². The summed E-state index contributed by atoms with van der Waals surface area (Å²) in [5.41, 5.74) is 2.47. The number of aliphatic imine (C=N–C) groups is 1. The zero-order valence-corrected chi connectivity index (χ0v) is 22.5. The number of carbonyl (C=O) groups is 2. The minimum absolute atomic E-state index is 0.0254. The fourth-order valence-electron chi connectivity index (χ4n) is 5.62. The van der Waals surface area contributed by atoms with Crippen LogP contribution in [0.15, 0.2) is 29.3 Å². The Bertz CT molecular complexity index is 1260. The molecular weight excluding hydrogens is 486 g/mol. The highest BCUT2D eigenvalue weighted by atomic mass is 16.7. The zero-order chi connectivity index (χ0) is 26.8. The molecule has 2 fully saturated rings. The highest BCUT2D eigenvalue weighted by Gasteiger charge is 2.33. The molecule has 0 aromatic heterocycles. The quantitative estimate of drug-likeness (QED) is 0.465. The zero-order valence-electron chi connectivity index (χ0n) is 22.5. The first kappa shape index (κ1) is 25.9. The average molecular weight is 522 g/mol. The number of benzene rings is 2. The van der Waals surface area contributed by atoms with Gasteiger partial charge in [0.05, 0.1) is 31.5 Å². The number of fused-ring (bicyclic) bond motifs is 2. The molecule has 3 aliphatic rings. The average Bonchev–Trinajstić information content (AvgIpc) is 3.58. The van der Waals surface area contributed by atoms with Gasteiger partial charge in [0.2, 0.25) is 6.79 Å². The molecule has 0 bridgehead atoms. The van der Waals surface area contributed by atoms with Gasteiger partial charge in [-0.2, -0.15) is 0 Å². The van der Waals surface area contributed by atoms with Crippen molar-refractivity contribution in [2.45, 2.75) is 58.0 Å². The van der Waals surface area contributed by atoms with Crippen LogP contribution in [0.4, 0.5) is 5.69 Å². The maximum atomic E-state index is 13.3. The van der Waals surface area contributed by atoms with Crippen molar-refractivity contribution >= 4 is 23.7 Å². The Morgan fingerprint density at radius 1 is 0.974 bits per heavy atom. The van der Waals surface area contributed by atoms with Crippen LogP contribution in [0.1, 0.15) is 65.3 Å². The fraction of sp³-hybridized carbons (Fsp3) is 0.483. The number of likely N-dealkylation sites (tertiary alicyclic amines) is 1. The number of hydrogen-bond acceptors (Lipinski definition) is 7. The Balaban J connectivity index is 1.32. The van der Waals surface area contributed by atoms with Gasteiger partial charge in [-0.1, -0.05) is 6.92 Å². The molecule has 2 saturated heterocycles. The summed E-state index contributed by atoms with van der Waals surface area (Å²) >= 11 is 0. The predicted molar refractivity (Wildman–Crippen MR) is 143 cm³/mol. The SMILES string of the molecule is CC[C@@H]1CCCN1C(=O)c1cc(OC)c(OCOc2cc3c(cc2OC)C(=O)N2CCC[C@H]2C=N3)cc1C. The summed E-state index contributed by atoms with van der Waals surface area (Å²) in [5.74, 6) is 1.75. The number of amides is 2. The summed E-state index contributed by atoms with van der Waals surface area (Å²) in [6.07, 6.45) is 6.75. The summed E-state index contributed by atoms with van der Waals surface area (Å²) in [7, 11) is 3.08. The third-order valence-corrected chi connectivity index (χ3v) is 7.74. The Kier molecular flexibility index (Phi) is 7.44. The van der Waals surface area contributed by atoms with Gasteiger partial charge in [-0.25, -0.2) is 0 Å². The van der Waals surface area contributed by atoms with Crippen molar-refractivity contribution < 1.29 is 28.5 Å². The second kappa shape index (κ2) is 10.9. The number of rotatable bonds is 8. The first-order valence-electron chi connectivity index (χ1n) is 13.3. The molecule has 2 aromatic rings. The molecule has 202 valence electrons. The maximum absolute atomic E-state index is 13.3. The molecule has 9 heteroatoms. The second-order valence-corrected chi connectivity index (χ2v) is 9.93. The first-order chi connectivity index (χ1) is 18.4. The lowest BCUT2D eigenvalue weighted by Crippen LogP contribution is -2.35. The van der Waals surface area contributed by atoms with Crippen molar-refractivity contribution in [2.24, 2.45) is 4.99 Å². The number of nitrogens with zero attached hydrogens (tertiary/aromatic N) is 3. The van der Waals surface area contributed by atoms with Crippen molar-refractivity contribution in [2.75, 3.05) is 34.1 Å². The molecule has 0 N–H and O–H groups in total. The molecular formula is C29H35N3O6. The molecule has 0 unspecified atom stereocenters. The fourth-order valence-corrected chi connectivity index (χ4v) is 5.62. The van der Waals surface area contributed by atoms with Gasteiger partial charge in [0.15, 0.2) is 23.0 Å². The van der Waals surface area contributed by atoms with E-state index in [4.69, 9.17) is 18.9 Å². The van der Waals surface area contributed by atoms with Gasteiger partial charge in [0, 0.05) is 37.0 Å². The Labute approximate surface area is 223 Å². The highest BCUT2D eigenvalue weighted by molar-refractivity contribution is 6.03. The Morgan fingerprint density at radius 3 is 2.42 bits per heavy atom. The van der Waals surface area contributed by atoms with Gasteiger partial charge in [0.25, 0.3) is 11.8 Å². The van der Waals surface area contributed by atoms with Crippen LogP contribution in [0.2, 0.25) is 0 Å². The standard InChI is InChI=1S/C29H35N3O6/c1-5-19-8-6-10-31(19)28(33)21-13-24(35-3)26(12-18(21)2)37-17-38-27-15-23-22(14-25(27)36-4)29(34)32-11-7-9-20(32)16-30-23/h12-16,19-20H,5-11,17H2,1-4H3/t19-,20+/m1/s1. The van der Waals surface area contributed by atoms with Gasteiger partial charge >= 0.3 is 0 Å². The minimum atomic E-state index is -0.130. The molecule has 3 heterocycles. The largest absolute Gasteiger partial charge is 0.493 e. The molecule has 2 atom stereocenters. The molecule has 0 spiro atoms. The van der Waals surface area contributed by atoms with Gasteiger partial charge < -0.3 is 28.7 Å². The van der Waals surface area contributed by atoms with Crippen molar-refractivity contribution in [3.63, 3.8) is 0 Å². The van der Waals surface area contributed by atoms with Crippen LogP contribution in [-0.2, 0) is 0 Å². The number of aryl methyl sites for hydroxylation is 1. The van der Waals surface area contributed by atoms with Crippen molar-refractivity contribution in [3.8, 4) is 23.0 Å². The number of carbonyl (C=O) groups excluding carboxylic acids is 2. The van der Waals surface area contributed by atoms with Crippen LogP contribution in [0, 0.1) is 6.92 Å². The summed E-state index contributed by atoms with van der Waals surface area (Å²) in [6, 6.07) is 7.24. The lowest BCUT2D eigenvalue weighted by Gasteiger charge is -2.25. The first-order valence-corrected chi connectivity index (χ1v) is 13.3. The van der Waals surface area contributed by atoms with Crippen molar-refractivity contribution in [3.05, 3.63) is 41.0 Å². The number of methoxy groups -OCH3 is 2. The third-order valence-electron chi connectivity index (χ3n) is 7.74. The van der Waals surface area contributed by atoms with Crippen molar-refractivity contribution in [1.29, 1.82) is 0 Å². The van der Waals surface area contributed by atoms with Crippen molar-refractivity contribution in [1.82, 2.24) is 9.80 Å². The van der Waals surface area contributed by atoms with E-state index in [1.807, 2.05) is 22.9 Å². The molecule has 3 aliphatic heterocycles. The molecule has 0 aliphatic carbocycles. The smallest absolute Gasteiger partial charge is 0.256 e. The molecule has 2 amide bonds. The van der Waals surface area contributed by atoms with Gasteiger partial charge in [0.1, 0.15) is 0 Å². The number of ether oxygens (including phenoxy) is 4. The summed E-state index contributed by atoms with van der Waals surface area (Å²) in [4.78, 5) is 34.7. The van der Waals surface area contributed by atoms with Crippen LogP contribution in [0.25, 0.3) is 0 Å². The monoisotopic (exact) mass is 521 g/mol. The van der Waals surface area contributed by atoms with E-state index in [1.54, 1.807) is 31.4 Å². The summed E-state index contributed by atoms with van der Waals surface area (Å²) < 4.78 is 22.9. The van der Waals surface area contributed by atoms with Gasteiger partial charge in [-0.05, 0) is 62.8 Å². The Hall–Kier alpha value is -3.75. The summed E-state index contributed by atoms with van der Waals surface area (Å²) in [5, 5.41) is 0. The van der Waals surface area contributed by atoms with Crippen LogP contribution < -0.4 is 18.9 Å². The van der Waals surface area contributed by atoms with E-state index in [1.165, 1.54) is 7.11 Å². The van der Waals surface area contributed by atoms with E-state index in [-0.39, 0.29) is 30.7 Å². The molecule has 2 aromatic carbocycles. The van der Waals surface area contributed by atoms with E-state index in [0.717, 1.165) is 50.8 Å². The molecule has 0 radical (unpaired) electrons. The number of hydrogen-bond donors (Lipinski definition) is 0. The minimum Gasteiger partial charge on any atom is -0.493 e. The molecule has 0 saturated carbocycles. The van der Waals surface area contributed by atoms with Crippen LogP contribution >= 0.6 is 0 Å². The van der Waals surface area contributed by atoms with Gasteiger partial charge in [-0.15, -0.1) is 0 Å². The van der Waals surface area contributed by atoms with E-state index < -0.39 is 0 Å². The third kappa shape index (κ3) is 4.77. The second-order valence-electron chi connectivity index (χ2n) is 9.93. The highest BCUT2D eigenvalue weighted by Crippen LogP contribution is 2.38. The lowest BCUT2D eigenvalue weighted by molar-refractivity contribution is 0.0731. The topological polar surface area (TPSA) is 89.9 Å². The van der Waals surface area contributed by atoms with E-state index in [9.17, 15) is 9.59 Å². The van der Waals surface area contributed by atoms with E-state index in [0.29, 0.717) is 39.8 Å². The van der Waals surface area contributed by atoms with E-state index >= 15 is 0 Å².